The van der Waals surface area contributed by atoms with Crippen LogP contribution in [0.25, 0.3) is 28.5 Å². The molecule has 0 radical (unpaired) electrons. The van der Waals surface area contributed by atoms with Crippen LogP contribution in [0, 0.1) is 5.82 Å². The summed E-state index contributed by atoms with van der Waals surface area (Å²) >= 11 is 0. The fourth-order valence-corrected chi connectivity index (χ4v) is 3.50. The van der Waals surface area contributed by atoms with Crippen LogP contribution >= 0.6 is 0 Å². The summed E-state index contributed by atoms with van der Waals surface area (Å²) in [6, 6.07) is 6.62. The maximum atomic E-state index is 13.9. The Bertz CT molecular complexity index is 1150. The molecule has 1 fully saturated rings. The Balaban J connectivity index is 1.57. The first-order chi connectivity index (χ1) is 12.8. The van der Waals surface area contributed by atoms with Gasteiger partial charge in [-0.25, -0.2) is 9.37 Å². The summed E-state index contributed by atoms with van der Waals surface area (Å²) in [5.41, 5.74) is 4.05. The van der Waals surface area contributed by atoms with Crippen molar-refractivity contribution < 1.29 is 8.91 Å². The van der Waals surface area contributed by atoms with Crippen LogP contribution < -0.4 is 0 Å². The van der Waals surface area contributed by atoms with Crippen molar-refractivity contribution in [1.82, 2.24) is 29.5 Å². The Kier molecular flexibility index (Phi) is 2.61. The zero-order chi connectivity index (χ0) is 17.3. The molecule has 4 aromatic rings. The van der Waals surface area contributed by atoms with Crippen LogP contribution in [0.15, 0.2) is 41.3 Å². The number of nitrogens with zero attached hydrogens (tertiary/aromatic N) is 6. The van der Waals surface area contributed by atoms with Gasteiger partial charge in [-0.1, -0.05) is 5.16 Å². The zero-order valence-electron chi connectivity index (χ0n) is 13.6. The van der Waals surface area contributed by atoms with Gasteiger partial charge in [-0.05, 0) is 37.1 Å². The molecule has 0 saturated heterocycles. The highest BCUT2D eigenvalue weighted by atomic mass is 19.1. The van der Waals surface area contributed by atoms with Gasteiger partial charge < -0.3 is 4.52 Å². The smallest absolute Gasteiger partial charge is 0.230 e. The van der Waals surface area contributed by atoms with E-state index in [2.05, 4.69) is 20.2 Å². The molecule has 3 aromatic heterocycles. The van der Waals surface area contributed by atoms with Gasteiger partial charge in [0, 0.05) is 17.7 Å². The summed E-state index contributed by atoms with van der Waals surface area (Å²) in [6.07, 6.45) is 5.63. The normalized spacial score (nSPS) is 15.3. The maximum absolute atomic E-state index is 13.9. The first-order valence-electron chi connectivity index (χ1n) is 8.50. The number of halogens is 1. The average molecular weight is 348 g/mol. The molecule has 1 aliphatic heterocycles. The van der Waals surface area contributed by atoms with Crippen LogP contribution in [0.4, 0.5) is 4.39 Å². The largest absolute Gasteiger partial charge is 0.339 e. The average Bonchev–Trinajstić information content (AvgIpc) is 3.06. The summed E-state index contributed by atoms with van der Waals surface area (Å²) in [5, 5.41) is 8.51. The van der Waals surface area contributed by atoms with Gasteiger partial charge in [0.2, 0.25) is 11.7 Å². The second-order valence-electron chi connectivity index (χ2n) is 6.68. The Morgan fingerprint density at radius 3 is 3.00 bits per heavy atom. The molecule has 7 nitrogen and oxygen atoms in total. The highest BCUT2D eigenvalue weighted by Gasteiger charge is 2.31. The van der Waals surface area contributed by atoms with Gasteiger partial charge in [0.25, 0.3) is 0 Å². The van der Waals surface area contributed by atoms with Crippen molar-refractivity contribution >= 4 is 0 Å². The minimum absolute atomic E-state index is 0.285. The highest BCUT2D eigenvalue weighted by molar-refractivity contribution is 5.73. The second kappa shape index (κ2) is 4.87. The van der Waals surface area contributed by atoms with Crippen LogP contribution in [0.1, 0.15) is 30.3 Å². The lowest BCUT2D eigenvalue weighted by Crippen LogP contribution is -2.05. The van der Waals surface area contributed by atoms with Crippen LogP contribution in [0.5, 0.6) is 0 Å². The first-order valence-corrected chi connectivity index (χ1v) is 8.50. The lowest BCUT2D eigenvalue weighted by molar-refractivity contribution is 0.380. The minimum Gasteiger partial charge on any atom is -0.339 e. The molecule has 4 heterocycles. The second-order valence-corrected chi connectivity index (χ2v) is 6.68. The Labute approximate surface area is 147 Å². The third kappa shape index (κ3) is 1.92. The van der Waals surface area contributed by atoms with E-state index in [9.17, 15) is 4.39 Å². The topological polar surface area (TPSA) is 74.6 Å². The van der Waals surface area contributed by atoms with E-state index in [0.717, 1.165) is 35.5 Å². The lowest BCUT2D eigenvalue weighted by atomic mass is 10.1. The van der Waals surface area contributed by atoms with Crippen LogP contribution in [0.2, 0.25) is 0 Å². The van der Waals surface area contributed by atoms with Crippen LogP contribution in [-0.2, 0) is 6.54 Å². The first kappa shape index (κ1) is 13.9. The molecular formula is C18H13FN6O. The fraction of sp³-hybridized carbons (Fsp3) is 0.222. The molecule has 0 bridgehead atoms. The van der Waals surface area contributed by atoms with Crippen LogP contribution in [0.3, 0.4) is 0 Å². The zero-order valence-corrected chi connectivity index (χ0v) is 13.6. The van der Waals surface area contributed by atoms with Crippen molar-refractivity contribution in [1.29, 1.82) is 0 Å². The molecule has 2 aliphatic rings. The van der Waals surface area contributed by atoms with Crippen molar-refractivity contribution in [2.75, 3.05) is 0 Å². The third-order valence-electron chi connectivity index (χ3n) is 4.96. The van der Waals surface area contributed by atoms with E-state index < -0.39 is 0 Å². The SMILES string of the molecule is Fc1ccc2c(c1)-c1ccnn1Cc1c(-c3noc(C4CC4)n3)ncn1-2. The maximum Gasteiger partial charge on any atom is 0.230 e. The summed E-state index contributed by atoms with van der Waals surface area (Å²) in [4.78, 5) is 9.05. The molecule has 0 amide bonds. The van der Waals surface area contributed by atoms with Gasteiger partial charge in [0.05, 0.1) is 23.6 Å². The van der Waals surface area contributed by atoms with E-state index in [4.69, 9.17) is 4.52 Å². The summed E-state index contributed by atoms with van der Waals surface area (Å²) in [6.45, 7) is 0.487. The third-order valence-corrected chi connectivity index (χ3v) is 4.96. The number of imidazole rings is 1. The van der Waals surface area contributed by atoms with E-state index in [-0.39, 0.29) is 5.82 Å². The number of hydrogen-bond acceptors (Lipinski definition) is 5. The predicted octanol–water partition coefficient (Wildman–Crippen LogP) is 3.16. The number of hydrogen-bond donors (Lipinski definition) is 0. The van der Waals surface area contributed by atoms with Gasteiger partial charge >= 0.3 is 0 Å². The number of aromatic nitrogens is 6. The molecular weight excluding hydrogens is 335 g/mol. The summed E-state index contributed by atoms with van der Waals surface area (Å²) < 4.78 is 23.1. The standard InChI is InChI=1S/C18H13FN6O/c19-11-3-4-13-12(7-11)14-5-6-21-25(14)8-15-16(20-9-24(13)15)17-22-18(26-23-17)10-1-2-10/h3-7,9-10H,1-2,8H2. The van der Waals surface area contributed by atoms with E-state index in [1.54, 1.807) is 18.6 Å². The Hall–Kier alpha value is -3.29. The van der Waals surface area contributed by atoms with E-state index in [1.807, 2.05) is 15.3 Å². The summed E-state index contributed by atoms with van der Waals surface area (Å²) in [5.74, 6) is 1.27. The molecule has 128 valence electrons. The predicted molar refractivity (Wildman–Crippen MR) is 89.1 cm³/mol. The van der Waals surface area contributed by atoms with Gasteiger partial charge in [-0.3, -0.25) is 9.25 Å². The van der Waals surface area contributed by atoms with Crippen molar-refractivity contribution in [3.8, 4) is 28.5 Å². The van der Waals surface area contributed by atoms with Crippen molar-refractivity contribution in [2.45, 2.75) is 25.3 Å². The number of fused-ring (bicyclic) bond motifs is 5. The quantitative estimate of drug-likeness (QED) is 0.490. The molecule has 1 aliphatic carbocycles. The minimum atomic E-state index is -0.285. The van der Waals surface area contributed by atoms with Gasteiger partial charge in [-0.2, -0.15) is 10.1 Å². The summed E-state index contributed by atoms with van der Waals surface area (Å²) in [7, 11) is 0. The number of benzene rings is 1. The van der Waals surface area contributed by atoms with Crippen molar-refractivity contribution in [3.05, 3.63) is 54.2 Å². The van der Waals surface area contributed by atoms with Gasteiger partial charge in [-0.15, -0.1) is 0 Å². The molecule has 26 heavy (non-hydrogen) atoms. The molecule has 0 unspecified atom stereocenters. The monoisotopic (exact) mass is 348 g/mol. The van der Waals surface area contributed by atoms with E-state index in [0.29, 0.717) is 29.9 Å². The fourth-order valence-electron chi connectivity index (χ4n) is 3.50. The number of rotatable bonds is 2. The Morgan fingerprint density at radius 1 is 1.19 bits per heavy atom. The lowest BCUT2D eigenvalue weighted by Gasteiger charge is -2.08. The molecule has 6 rings (SSSR count). The van der Waals surface area contributed by atoms with Gasteiger partial charge in [0.15, 0.2) is 0 Å². The molecule has 1 saturated carbocycles. The van der Waals surface area contributed by atoms with Crippen molar-refractivity contribution in [2.24, 2.45) is 0 Å². The van der Waals surface area contributed by atoms with E-state index in [1.165, 1.54) is 12.1 Å². The van der Waals surface area contributed by atoms with E-state index >= 15 is 0 Å². The molecule has 0 atom stereocenters. The highest BCUT2D eigenvalue weighted by Crippen LogP contribution is 2.40. The molecule has 0 spiro atoms. The molecule has 8 heteroatoms. The molecule has 0 N–H and O–H groups in total. The molecule has 1 aromatic carbocycles. The van der Waals surface area contributed by atoms with Gasteiger partial charge in [0.1, 0.15) is 17.8 Å². The van der Waals surface area contributed by atoms with Crippen molar-refractivity contribution in [3.63, 3.8) is 0 Å². The van der Waals surface area contributed by atoms with Crippen LogP contribution in [-0.4, -0.2) is 29.5 Å². The Morgan fingerprint density at radius 2 is 2.12 bits per heavy atom.